The molecule has 8 heteroatoms. The second-order valence-electron chi connectivity index (χ2n) is 10.6. The van der Waals surface area contributed by atoms with Crippen LogP contribution in [0, 0.1) is 5.92 Å². The maximum absolute atomic E-state index is 12.9. The molecular formula is C36H33F3O5. The Balaban J connectivity index is 1.42. The van der Waals surface area contributed by atoms with Gasteiger partial charge in [-0.1, -0.05) is 85.3 Å². The summed E-state index contributed by atoms with van der Waals surface area (Å²) in [5, 5.41) is 18.2. The number of rotatable bonds is 14. The molecule has 0 aliphatic heterocycles. The zero-order valence-corrected chi connectivity index (χ0v) is 24.0. The Morgan fingerprint density at radius 3 is 2.00 bits per heavy atom. The highest BCUT2D eigenvalue weighted by Crippen LogP contribution is 2.31. The van der Waals surface area contributed by atoms with Gasteiger partial charge in [0.2, 0.25) is 0 Å². The summed E-state index contributed by atoms with van der Waals surface area (Å²) in [6, 6.07) is 26.9. The molecule has 4 rings (SSSR count). The lowest BCUT2D eigenvalue weighted by molar-refractivity contribution is -0.138. The highest BCUT2D eigenvalue weighted by atomic mass is 19.4. The third-order valence-electron chi connectivity index (χ3n) is 7.28. The highest BCUT2D eigenvalue weighted by Gasteiger charge is 2.29. The van der Waals surface area contributed by atoms with Crippen molar-refractivity contribution in [2.24, 2.45) is 5.92 Å². The number of aliphatic carboxylic acids is 1. The lowest BCUT2D eigenvalue weighted by Crippen LogP contribution is -2.04. The van der Waals surface area contributed by atoms with Crippen LogP contribution in [0.3, 0.4) is 0 Å². The van der Waals surface area contributed by atoms with Crippen molar-refractivity contribution in [3.05, 3.63) is 131 Å². The first-order chi connectivity index (χ1) is 21.1. The molecule has 0 spiro atoms. The summed E-state index contributed by atoms with van der Waals surface area (Å²) in [5.41, 5.74) is 3.81. The monoisotopic (exact) mass is 602 g/mol. The number of para-hydroxylation sites is 1. The van der Waals surface area contributed by atoms with E-state index in [2.05, 4.69) is 6.08 Å². The Labute approximate surface area is 254 Å². The first kappa shape index (κ1) is 32.1. The van der Waals surface area contributed by atoms with Crippen LogP contribution >= 0.6 is 0 Å². The molecule has 0 heterocycles. The molecule has 1 unspecified atom stereocenters. The summed E-state index contributed by atoms with van der Waals surface area (Å²) in [6.45, 7) is 0.298. The molecule has 1 atom stereocenters. The van der Waals surface area contributed by atoms with E-state index in [0.717, 1.165) is 47.2 Å². The normalized spacial score (nSPS) is 12.2. The van der Waals surface area contributed by atoms with Gasteiger partial charge in [-0.05, 0) is 77.8 Å². The van der Waals surface area contributed by atoms with Crippen molar-refractivity contribution >= 4 is 18.0 Å². The summed E-state index contributed by atoms with van der Waals surface area (Å²) >= 11 is 0. The summed E-state index contributed by atoms with van der Waals surface area (Å²) in [5.74, 6) is -1.01. The summed E-state index contributed by atoms with van der Waals surface area (Å²) in [7, 11) is 0. The fraction of sp³-hybridized carbons (Fsp3) is 0.222. The molecule has 2 N–H and O–H groups in total. The molecule has 0 saturated heterocycles. The van der Waals surface area contributed by atoms with Gasteiger partial charge in [0.1, 0.15) is 12.4 Å². The molecule has 0 aliphatic rings. The lowest BCUT2D eigenvalue weighted by Gasteiger charge is -2.14. The number of ether oxygens (including phenoxy) is 1. The topological polar surface area (TPSA) is 83.8 Å². The fourth-order valence-electron chi connectivity index (χ4n) is 4.83. The van der Waals surface area contributed by atoms with Gasteiger partial charge >= 0.3 is 18.1 Å². The average molecular weight is 603 g/mol. The second kappa shape index (κ2) is 15.0. The Morgan fingerprint density at radius 2 is 1.39 bits per heavy atom. The van der Waals surface area contributed by atoms with E-state index in [0.29, 0.717) is 30.8 Å². The Bertz CT molecular complexity index is 1560. The van der Waals surface area contributed by atoms with Crippen LogP contribution < -0.4 is 4.74 Å². The molecule has 0 saturated carbocycles. The third kappa shape index (κ3) is 9.59. The molecular weight excluding hydrogens is 569 g/mol. The van der Waals surface area contributed by atoms with Gasteiger partial charge in [-0.25, -0.2) is 4.79 Å². The molecule has 4 aromatic carbocycles. The van der Waals surface area contributed by atoms with Crippen molar-refractivity contribution in [2.75, 3.05) is 0 Å². The van der Waals surface area contributed by atoms with Gasteiger partial charge in [-0.15, -0.1) is 0 Å². The van der Waals surface area contributed by atoms with Crippen LogP contribution in [0.2, 0.25) is 0 Å². The van der Waals surface area contributed by atoms with Crippen LogP contribution in [0.5, 0.6) is 5.75 Å². The van der Waals surface area contributed by atoms with Crippen LogP contribution in [-0.4, -0.2) is 22.2 Å². The van der Waals surface area contributed by atoms with Gasteiger partial charge in [0.05, 0.1) is 11.1 Å². The first-order valence-corrected chi connectivity index (χ1v) is 14.3. The van der Waals surface area contributed by atoms with Crippen molar-refractivity contribution in [1.82, 2.24) is 0 Å². The zero-order valence-electron chi connectivity index (χ0n) is 24.0. The standard InChI is InChI=1S/C36H33F3O5/c37-36(38,39)32-21-19-29(20-22-32)28-14-12-27(13-15-28)24-44-33-7-3-2-6-30(33)16-9-25(5-1-4-8-34(40)41)23-26-10-17-31(18-11-26)35(42)43/h2-3,6-7,9-22,25H,1,4-5,8,23-24H2,(H,40,41)(H,42,43)/b16-9+. The number of allylic oxidation sites excluding steroid dienone is 1. The largest absolute Gasteiger partial charge is 0.488 e. The van der Waals surface area contributed by atoms with Crippen molar-refractivity contribution in [1.29, 1.82) is 0 Å². The zero-order chi connectivity index (χ0) is 31.5. The van der Waals surface area contributed by atoms with Crippen LogP contribution in [-0.2, 0) is 24.0 Å². The summed E-state index contributed by atoms with van der Waals surface area (Å²) < 4.78 is 44.8. The maximum atomic E-state index is 12.9. The molecule has 0 fully saturated rings. The van der Waals surface area contributed by atoms with Crippen molar-refractivity contribution in [2.45, 2.75) is 44.9 Å². The number of benzene rings is 4. The van der Waals surface area contributed by atoms with E-state index in [-0.39, 0.29) is 17.9 Å². The Kier molecular flexibility index (Phi) is 11.0. The number of alkyl halides is 3. The van der Waals surface area contributed by atoms with E-state index in [1.807, 2.05) is 54.6 Å². The number of aromatic carboxylic acids is 1. The third-order valence-corrected chi connectivity index (χ3v) is 7.28. The molecule has 0 bridgehead atoms. The molecule has 0 aromatic heterocycles. The smallest absolute Gasteiger partial charge is 0.416 e. The summed E-state index contributed by atoms with van der Waals surface area (Å²) in [6.07, 6.45) is 2.61. The predicted molar refractivity (Wildman–Crippen MR) is 163 cm³/mol. The summed E-state index contributed by atoms with van der Waals surface area (Å²) in [4.78, 5) is 22.2. The quantitative estimate of drug-likeness (QED) is 0.141. The molecule has 4 aromatic rings. The number of carboxylic acid groups (broad SMARTS) is 2. The number of unbranched alkanes of at least 4 members (excludes halogenated alkanes) is 1. The molecule has 0 amide bonds. The van der Waals surface area contributed by atoms with Gasteiger partial charge in [-0.2, -0.15) is 13.2 Å². The molecule has 0 aliphatic carbocycles. The van der Waals surface area contributed by atoms with Crippen molar-refractivity contribution < 1.29 is 37.7 Å². The van der Waals surface area contributed by atoms with Gasteiger partial charge < -0.3 is 14.9 Å². The Morgan fingerprint density at radius 1 is 0.773 bits per heavy atom. The first-order valence-electron chi connectivity index (χ1n) is 14.3. The average Bonchev–Trinajstić information content (AvgIpc) is 3.01. The Hall–Kier alpha value is -4.85. The van der Waals surface area contributed by atoms with E-state index in [9.17, 15) is 27.9 Å². The van der Waals surface area contributed by atoms with Gasteiger partial charge in [0, 0.05) is 12.0 Å². The van der Waals surface area contributed by atoms with Gasteiger partial charge in [-0.3, -0.25) is 4.79 Å². The second-order valence-corrected chi connectivity index (χ2v) is 10.6. The minimum absolute atomic E-state index is 0.102. The molecule has 0 radical (unpaired) electrons. The minimum atomic E-state index is -4.37. The van der Waals surface area contributed by atoms with E-state index < -0.39 is 23.7 Å². The van der Waals surface area contributed by atoms with E-state index in [1.165, 1.54) is 12.1 Å². The number of halogens is 3. The van der Waals surface area contributed by atoms with Crippen molar-refractivity contribution in [3.63, 3.8) is 0 Å². The van der Waals surface area contributed by atoms with E-state index in [1.54, 1.807) is 24.3 Å². The molecule has 5 nitrogen and oxygen atoms in total. The maximum Gasteiger partial charge on any atom is 0.416 e. The van der Waals surface area contributed by atoms with Crippen LogP contribution in [0.25, 0.3) is 17.2 Å². The van der Waals surface area contributed by atoms with Crippen LogP contribution in [0.4, 0.5) is 13.2 Å². The van der Waals surface area contributed by atoms with E-state index in [4.69, 9.17) is 9.84 Å². The number of hydrogen-bond acceptors (Lipinski definition) is 3. The highest BCUT2D eigenvalue weighted by molar-refractivity contribution is 5.87. The molecule has 228 valence electrons. The number of carboxylic acids is 2. The SMILES string of the molecule is O=C(O)CCCCC(/C=C/c1ccccc1OCc1ccc(-c2ccc(C(F)(F)F)cc2)cc1)Cc1ccc(C(=O)O)cc1. The van der Waals surface area contributed by atoms with Gasteiger partial charge in [0.25, 0.3) is 0 Å². The van der Waals surface area contributed by atoms with Crippen LogP contribution in [0.1, 0.15) is 58.3 Å². The minimum Gasteiger partial charge on any atom is -0.488 e. The van der Waals surface area contributed by atoms with Crippen molar-refractivity contribution in [3.8, 4) is 16.9 Å². The molecule has 44 heavy (non-hydrogen) atoms. The number of carbonyl (C=O) groups is 2. The van der Waals surface area contributed by atoms with E-state index >= 15 is 0 Å². The predicted octanol–water partition coefficient (Wildman–Crippen LogP) is 9.17. The van der Waals surface area contributed by atoms with Gasteiger partial charge in [0.15, 0.2) is 0 Å². The lowest BCUT2D eigenvalue weighted by atomic mass is 9.92. The number of hydrogen-bond donors (Lipinski definition) is 2. The fourth-order valence-corrected chi connectivity index (χ4v) is 4.83. The van der Waals surface area contributed by atoms with Crippen LogP contribution in [0.15, 0.2) is 103 Å².